The maximum atomic E-state index is 11.5. The highest BCUT2D eigenvalue weighted by atomic mass is 35.5. The van der Waals surface area contributed by atoms with Gasteiger partial charge in [0.1, 0.15) is 5.75 Å². The highest BCUT2D eigenvalue weighted by Gasteiger charge is 2.04. The highest BCUT2D eigenvalue weighted by molar-refractivity contribution is 7.16. The Morgan fingerprint density at radius 1 is 1.22 bits per heavy atom. The van der Waals surface area contributed by atoms with E-state index < -0.39 is 0 Å². The lowest BCUT2D eigenvalue weighted by atomic mass is 10.3. The molecule has 5 heteroatoms. The minimum absolute atomic E-state index is 0.0170. The van der Waals surface area contributed by atoms with Crippen molar-refractivity contribution < 1.29 is 9.53 Å². The molecule has 0 saturated carbocycles. The van der Waals surface area contributed by atoms with Gasteiger partial charge in [0.2, 0.25) is 0 Å². The zero-order valence-electron chi connectivity index (χ0n) is 9.56. The molecule has 1 aromatic heterocycles. The Morgan fingerprint density at radius 3 is 2.67 bits per heavy atom. The van der Waals surface area contributed by atoms with Crippen molar-refractivity contribution in [3.05, 3.63) is 51.7 Å². The molecule has 94 valence electrons. The van der Waals surface area contributed by atoms with E-state index in [0.717, 1.165) is 9.21 Å². The van der Waals surface area contributed by atoms with Crippen LogP contribution in [0.1, 0.15) is 4.88 Å². The van der Waals surface area contributed by atoms with Gasteiger partial charge >= 0.3 is 0 Å². The second-order valence-corrected chi connectivity index (χ2v) is 5.38. The number of hydrogen-bond donors (Lipinski definition) is 1. The summed E-state index contributed by atoms with van der Waals surface area (Å²) in [6, 6.07) is 13.0. The number of para-hydroxylation sites is 1. The summed E-state index contributed by atoms with van der Waals surface area (Å²) in [7, 11) is 0. The van der Waals surface area contributed by atoms with E-state index in [9.17, 15) is 4.79 Å². The molecule has 1 aromatic carbocycles. The number of benzene rings is 1. The molecule has 2 aromatic rings. The van der Waals surface area contributed by atoms with Crippen LogP contribution < -0.4 is 10.1 Å². The van der Waals surface area contributed by atoms with Gasteiger partial charge in [-0.1, -0.05) is 29.8 Å². The van der Waals surface area contributed by atoms with E-state index in [4.69, 9.17) is 16.3 Å². The van der Waals surface area contributed by atoms with E-state index >= 15 is 0 Å². The summed E-state index contributed by atoms with van der Waals surface area (Å²) >= 11 is 7.25. The summed E-state index contributed by atoms with van der Waals surface area (Å²) in [4.78, 5) is 12.6. The Labute approximate surface area is 114 Å². The second kappa shape index (κ2) is 6.42. The third kappa shape index (κ3) is 4.05. The van der Waals surface area contributed by atoms with Crippen molar-refractivity contribution in [1.82, 2.24) is 5.32 Å². The average Bonchev–Trinajstić information content (AvgIpc) is 2.81. The Kier molecular flexibility index (Phi) is 4.61. The number of nitrogens with one attached hydrogen (secondary N) is 1. The summed E-state index contributed by atoms with van der Waals surface area (Å²) in [6.45, 7) is 0.498. The van der Waals surface area contributed by atoms with Crippen LogP contribution in [0.4, 0.5) is 0 Å². The van der Waals surface area contributed by atoms with Crippen LogP contribution in [-0.4, -0.2) is 12.5 Å². The van der Waals surface area contributed by atoms with Crippen molar-refractivity contribution in [2.75, 3.05) is 6.61 Å². The predicted molar refractivity (Wildman–Crippen MR) is 73.1 cm³/mol. The van der Waals surface area contributed by atoms with E-state index in [2.05, 4.69) is 5.32 Å². The number of halogens is 1. The van der Waals surface area contributed by atoms with Crippen LogP contribution >= 0.6 is 22.9 Å². The van der Waals surface area contributed by atoms with Crippen LogP contribution in [0.5, 0.6) is 5.75 Å². The average molecular weight is 282 g/mol. The van der Waals surface area contributed by atoms with Gasteiger partial charge in [0, 0.05) is 4.88 Å². The summed E-state index contributed by atoms with van der Waals surface area (Å²) in [5.41, 5.74) is 0. The monoisotopic (exact) mass is 281 g/mol. The molecular weight excluding hydrogens is 270 g/mol. The van der Waals surface area contributed by atoms with Gasteiger partial charge in [0.25, 0.3) is 5.91 Å². The highest BCUT2D eigenvalue weighted by Crippen LogP contribution is 2.20. The first-order valence-corrected chi connectivity index (χ1v) is 6.62. The Balaban J connectivity index is 1.73. The van der Waals surface area contributed by atoms with E-state index in [1.54, 1.807) is 0 Å². The zero-order chi connectivity index (χ0) is 12.8. The number of amides is 1. The normalized spacial score (nSPS) is 10.1. The van der Waals surface area contributed by atoms with Crippen molar-refractivity contribution in [1.29, 1.82) is 0 Å². The van der Waals surface area contributed by atoms with Crippen molar-refractivity contribution in [2.45, 2.75) is 6.54 Å². The molecule has 1 amide bonds. The lowest BCUT2D eigenvalue weighted by Gasteiger charge is -2.06. The fourth-order valence-corrected chi connectivity index (χ4v) is 2.38. The molecule has 0 aliphatic heterocycles. The Hall–Kier alpha value is -1.52. The van der Waals surface area contributed by atoms with Gasteiger partial charge in [-0.05, 0) is 24.3 Å². The summed E-state index contributed by atoms with van der Waals surface area (Å²) in [6.07, 6.45) is 0. The topological polar surface area (TPSA) is 38.3 Å². The molecule has 0 radical (unpaired) electrons. The molecule has 2 rings (SSSR count). The minimum Gasteiger partial charge on any atom is -0.484 e. The van der Waals surface area contributed by atoms with Gasteiger partial charge in [0.05, 0.1) is 10.9 Å². The number of hydrogen-bond acceptors (Lipinski definition) is 3. The minimum atomic E-state index is -0.150. The second-order valence-electron chi connectivity index (χ2n) is 3.58. The van der Waals surface area contributed by atoms with Crippen LogP contribution in [-0.2, 0) is 11.3 Å². The largest absolute Gasteiger partial charge is 0.484 e. The number of thiophene rings is 1. The molecular formula is C13H12ClNO2S. The molecule has 0 fully saturated rings. The maximum absolute atomic E-state index is 11.5. The fourth-order valence-electron chi connectivity index (χ4n) is 1.35. The van der Waals surface area contributed by atoms with E-state index in [0.29, 0.717) is 12.3 Å². The molecule has 0 saturated heterocycles. The molecule has 0 bridgehead atoms. The number of carbonyl (C=O) groups excluding carboxylic acids is 1. The van der Waals surface area contributed by atoms with Gasteiger partial charge < -0.3 is 10.1 Å². The first-order valence-electron chi connectivity index (χ1n) is 5.43. The zero-order valence-corrected chi connectivity index (χ0v) is 11.1. The van der Waals surface area contributed by atoms with Crippen molar-refractivity contribution in [2.24, 2.45) is 0 Å². The fraction of sp³-hybridized carbons (Fsp3) is 0.154. The smallest absolute Gasteiger partial charge is 0.258 e. The van der Waals surface area contributed by atoms with E-state index in [1.807, 2.05) is 42.5 Å². The molecule has 1 N–H and O–H groups in total. The summed E-state index contributed by atoms with van der Waals surface area (Å²) in [5.74, 6) is 0.537. The quantitative estimate of drug-likeness (QED) is 0.915. The van der Waals surface area contributed by atoms with Crippen molar-refractivity contribution >= 4 is 28.8 Å². The van der Waals surface area contributed by atoms with Crippen LogP contribution in [0, 0.1) is 0 Å². The van der Waals surface area contributed by atoms with Gasteiger partial charge in [-0.25, -0.2) is 0 Å². The molecule has 0 atom stereocenters. The Bertz CT molecular complexity index is 513. The van der Waals surface area contributed by atoms with Gasteiger partial charge in [-0.2, -0.15) is 0 Å². The SMILES string of the molecule is O=C(COc1ccccc1)NCc1ccc(Cl)s1. The van der Waals surface area contributed by atoms with Crippen molar-refractivity contribution in [3.63, 3.8) is 0 Å². The summed E-state index contributed by atoms with van der Waals surface area (Å²) in [5, 5.41) is 2.77. The third-order valence-electron chi connectivity index (χ3n) is 2.20. The van der Waals surface area contributed by atoms with Crippen LogP contribution in [0.2, 0.25) is 4.34 Å². The first kappa shape index (κ1) is 12.9. The van der Waals surface area contributed by atoms with E-state index in [1.165, 1.54) is 11.3 Å². The number of carbonyl (C=O) groups is 1. The lowest BCUT2D eigenvalue weighted by molar-refractivity contribution is -0.123. The van der Waals surface area contributed by atoms with Crippen LogP contribution in [0.15, 0.2) is 42.5 Å². The van der Waals surface area contributed by atoms with Gasteiger partial charge in [-0.15, -0.1) is 11.3 Å². The number of rotatable bonds is 5. The standard InChI is InChI=1S/C13H12ClNO2S/c14-12-7-6-11(18-12)8-15-13(16)9-17-10-4-2-1-3-5-10/h1-7H,8-9H2,(H,15,16). The third-order valence-corrected chi connectivity index (χ3v) is 3.43. The Morgan fingerprint density at radius 2 is 2.00 bits per heavy atom. The van der Waals surface area contributed by atoms with Gasteiger partial charge in [0.15, 0.2) is 6.61 Å². The summed E-state index contributed by atoms with van der Waals surface area (Å²) < 4.78 is 6.05. The van der Waals surface area contributed by atoms with Gasteiger partial charge in [-0.3, -0.25) is 4.79 Å². The van der Waals surface area contributed by atoms with E-state index in [-0.39, 0.29) is 12.5 Å². The van der Waals surface area contributed by atoms with Crippen LogP contribution in [0.3, 0.4) is 0 Å². The lowest BCUT2D eigenvalue weighted by Crippen LogP contribution is -2.28. The van der Waals surface area contributed by atoms with Crippen molar-refractivity contribution in [3.8, 4) is 5.75 Å². The molecule has 0 spiro atoms. The molecule has 0 aliphatic carbocycles. The van der Waals surface area contributed by atoms with Crippen LogP contribution in [0.25, 0.3) is 0 Å². The number of ether oxygens (including phenoxy) is 1. The first-order chi connectivity index (χ1) is 8.74. The molecule has 0 aliphatic rings. The molecule has 1 heterocycles. The molecule has 0 unspecified atom stereocenters. The molecule has 3 nitrogen and oxygen atoms in total. The molecule has 18 heavy (non-hydrogen) atoms. The predicted octanol–water partition coefficient (Wildman–Crippen LogP) is 3.10. The maximum Gasteiger partial charge on any atom is 0.258 e.